The van der Waals surface area contributed by atoms with Gasteiger partial charge < -0.3 is 16.0 Å². The summed E-state index contributed by atoms with van der Waals surface area (Å²) in [4.78, 5) is 27.8. The first-order valence-corrected chi connectivity index (χ1v) is 8.47. The number of anilines is 4. The molecule has 3 N–H and O–H groups in total. The number of benzene rings is 2. The summed E-state index contributed by atoms with van der Waals surface area (Å²) >= 11 is 0. The van der Waals surface area contributed by atoms with Gasteiger partial charge in [0.15, 0.2) is 0 Å². The molecule has 0 aliphatic carbocycles. The van der Waals surface area contributed by atoms with Gasteiger partial charge in [0, 0.05) is 30.2 Å². The fourth-order valence-electron chi connectivity index (χ4n) is 2.52. The molecule has 1 aromatic heterocycles. The summed E-state index contributed by atoms with van der Waals surface area (Å²) in [5, 5.41) is 8.73. The predicted molar refractivity (Wildman–Crippen MR) is 107 cm³/mol. The van der Waals surface area contributed by atoms with E-state index in [2.05, 4.69) is 20.9 Å². The Morgan fingerprint density at radius 1 is 0.815 bits per heavy atom. The number of carbonyl (C=O) groups excluding carboxylic acids is 2. The highest BCUT2D eigenvalue weighted by Crippen LogP contribution is 2.19. The number of nitrogens with one attached hydrogen (secondary N) is 3. The van der Waals surface area contributed by atoms with Crippen LogP contribution in [0, 0.1) is 6.92 Å². The smallest absolute Gasteiger partial charge is 0.257 e. The third-order valence-electron chi connectivity index (χ3n) is 3.78. The Hall–Kier alpha value is -3.67. The molecule has 0 saturated heterocycles. The highest BCUT2D eigenvalue weighted by molar-refractivity contribution is 6.05. The maximum atomic E-state index is 12.5. The van der Waals surface area contributed by atoms with Crippen molar-refractivity contribution in [2.24, 2.45) is 0 Å². The monoisotopic (exact) mass is 360 g/mol. The summed E-state index contributed by atoms with van der Waals surface area (Å²) in [5.74, 6) is -0.451. The number of nitrogens with zero attached hydrogens (tertiary/aromatic N) is 1. The Labute approximate surface area is 157 Å². The molecule has 0 fully saturated rings. The van der Waals surface area contributed by atoms with Gasteiger partial charge in [0.2, 0.25) is 5.91 Å². The van der Waals surface area contributed by atoms with Crippen LogP contribution in [0.4, 0.5) is 22.7 Å². The second-order valence-electron chi connectivity index (χ2n) is 6.17. The Bertz CT molecular complexity index is 968. The minimum atomic E-state index is -0.282. The van der Waals surface area contributed by atoms with Crippen molar-refractivity contribution in [3.05, 3.63) is 78.1 Å². The summed E-state index contributed by atoms with van der Waals surface area (Å²) in [6.45, 7) is 3.46. The van der Waals surface area contributed by atoms with Crippen LogP contribution in [0.3, 0.4) is 0 Å². The molecule has 0 spiro atoms. The van der Waals surface area contributed by atoms with Crippen LogP contribution in [-0.2, 0) is 4.79 Å². The molecule has 0 saturated carbocycles. The van der Waals surface area contributed by atoms with E-state index in [-0.39, 0.29) is 11.8 Å². The van der Waals surface area contributed by atoms with Crippen LogP contribution in [-0.4, -0.2) is 16.8 Å². The van der Waals surface area contributed by atoms with Gasteiger partial charge in [0.25, 0.3) is 5.91 Å². The van der Waals surface area contributed by atoms with E-state index in [4.69, 9.17) is 0 Å². The Morgan fingerprint density at radius 3 is 2.22 bits per heavy atom. The Kier molecular flexibility index (Phi) is 5.47. The van der Waals surface area contributed by atoms with Crippen LogP contribution in [0.25, 0.3) is 0 Å². The van der Waals surface area contributed by atoms with Crippen molar-refractivity contribution in [1.29, 1.82) is 0 Å². The maximum Gasteiger partial charge on any atom is 0.257 e. The fourth-order valence-corrected chi connectivity index (χ4v) is 2.52. The largest absolute Gasteiger partial charge is 0.354 e. The van der Waals surface area contributed by atoms with Crippen molar-refractivity contribution in [1.82, 2.24) is 4.98 Å². The average Bonchev–Trinajstić information content (AvgIpc) is 2.64. The molecule has 6 heteroatoms. The van der Waals surface area contributed by atoms with Crippen LogP contribution in [0.5, 0.6) is 0 Å². The van der Waals surface area contributed by atoms with Crippen molar-refractivity contribution in [3.8, 4) is 0 Å². The van der Waals surface area contributed by atoms with Crippen LogP contribution < -0.4 is 16.0 Å². The molecule has 136 valence electrons. The van der Waals surface area contributed by atoms with Gasteiger partial charge in [0.05, 0.1) is 17.4 Å². The molecule has 0 bridgehead atoms. The zero-order valence-electron chi connectivity index (χ0n) is 15.1. The number of hydrogen-bond donors (Lipinski definition) is 3. The number of hydrogen-bond acceptors (Lipinski definition) is 4. The van der Waals surface area contributed by atoms with Gasteiger partial charge in [-0.15, -0.1) is 0 Å². The predicted octanol–water partition coefficient (Wildman–Crippen LogP) is 4.34. The first-order valence-electron chi connectivity index (χ1n) is 8.47. The zero-order valence-corrected chi connectivity index (χ0v) is 15.1. The molecule has 0 aliphatic rings. The Balaban J connectivity index is 1.71. The molecule has 0 atom stereocenters. The minimum Gasteiger partial charge on any atom is -0.354 e. The summed E-state index contributed by atoms with van der Waals surface area (Å²) < 4.78 is 0. The van der Waals surface area contributed by atoms with E-state index >= 15 is 0 Å². The normalized spacial score (nSPS) is 10.1. The number of rotatable bonds is 5. The third-order valence-corrected chi connectivity index (χ3v) is 3.78. The first kappa shape index (κ1) is 18.1. The van der Waals surface area contributed by atoms with Crippen molar-refractivity contribution < 1.29 is 9.59 Å². The van der Waals surface area contributed by atoms with Crippen molar-refractivity contribution in [2.45, 2.75) is 13.8 Å². The standard InChI is InChI=1S/C21H20N4O2/c1-14-6-8-17(9-7-14)24-20-10-16(12-22-13-20)21(27)25-19-5-3-4-18(11-19)23-15(2)26/h3-13,24H,1-2H3,(H,23,26)(H,25,27). The van der Waals surface area contributed by atoms with E-state index in [9.17, 15) is 9.59 Å². The van der Waals surface area contributed by atoms with Gasteiger partial charge in [0.1, 0.15) is 0 Å². The van der Waals surface area contributed by atoms with E-state index in [1.807, 2.05) is 31.2 Å². The molecule has 0 aliphatic heterocycles. The average molecular weight is 360 g/mol. The molecule has 6 nitrogen and oxygen atoms in total. The minimum absolute atomic E-state index is 0.169. The van der Waals surface area contributed by atoms with E-state index in [1.54, 1.807) is 36.5 Å². The van der Waals surface area contributed by atoms with E-state index in [1.165, 1.54) is 18.7 Å². The van der Waals surface area contributed by atoms with Gasteiger partial charge in [-0.2, -0.15) is 0 Å². The lowest BCUT2D eigenvalue weighted by molar-refractivity contribution is -0.114. The summed E-state index contributed by atoms with van der Waals surface area (Å²) in [7, 11) is 0. The molecular weight excluding hydrogens is 340 g/mol. The number of amides is 2. The van der Waals surface area contributed by atoms with Crippen molar-refractivity contribution >= 4 is 34.6 Å². The van der Waals surface area contributed by atoms with Crippen LogP contribution in [0.15, 0.2) is 67.0 Å². The van der Waals surface area contributed by atoms with E-state index < -0.39 is 0 Å². The molecule has 0 radical (unpaired) electrons. The second-order valence-corrected chi connectivity index (χ2v) is 6.17. The number of carbonyl (C=O) groups is 2. The topological polar surface area (TPSA) is 83.1 Å². The summed E-state index contributed by atoms with van der Waals surface area (Å²) in [6.07, 6.45) is 3.17. The van der Waals surface area contributed by atoms with Crippen LogP contribution in [0.1, 0.15) is 22.8 Å². The van der Waals surface area contributed by atoms with Gasteiger partial charge in [-0.3, -0.25) is 14.6 Å². The Morgan fingerprint density at radius 2 is 1.52 bits per heavy atom. The zero-order chi connectivity index (χ0) is 19.2. The van der Waals surface area contributed by atoms with Gasteiger partial charge >= 0.3 is 0 Å². The summed E-state index contributed by atoms with van der Waals surface area (Å²) in [6, 6.07) is 16.7. The quantitative estimate of drug-likeness (QED) is 0.632. The first-order chi connectivity index (χ1) is 13.0. The van der Waals surface area contributed by atoms with Crippen molar-refractivity contribution in [2.75, 3.05) is 16.0 Å². The van der Waals surface area contributed by atoms with Gasteiger partial charge in [-0.25, -0.2) is 0 Å². The lowest BCUT2D eigenvalue weighted by Crippen LogP contribution is -2.13. The molecule has 3 aromatic rings. The molecule has 1 heterocycles. The third kappa shape index (κ3) is 5.15. The number of aromatic nitrogens is 1. The second kappa shape index (κ2) is 8.14. The molecule has 2 aromatic carbocycles. The lowest BCUT2D eigenvalue weighted by Gasteiger charge is -2.10. The molecular formula is C21H20N4O2. The SMILES string of the molecule is CC(=O)Nc1cccc(NC(=O)c2cncc(Nc3ccc(C)cc3)c2)c1. The summed E-state index contributed by atoms with van der Waals surface area (Å²) in [5.41, 5.74) is 4.45. The van der Waals surface area contributed by atoms with E-state index in [0.717, 1.165) is 11.4 Å². The fraction of sp³-hybridized carbons (Fsp3) is 0.0952. The van der Waals surface area contributed by atoms with Gasteiger partial charge in [-0.1, -0.05) is 23.8 Å². The highest BCUT2D eigenvalue weighted by atomic mass is 16.2. The molecule has 3 rings (SSSR count). The van der Waals surface area contributed by atoms with Crippen molar-refractivity contribution in [3.63, 3.8) is 0 Å². The maximum absolute atomic E-state index is 12.5. The highest BCUT2D eigenvalue weighted by Gasteiger charge is 2.08. The lowest BCUT2D eigenvalue weighted by atomic mass is 10.2. The number of aryl methyl sites for hydroxylation is 1. The molecule has 27 heavy (non-hydrogen) atoms. The van der Waals surface area contributed by atoms with Gasteiger partial charge in [-0.05, 0) is 43.3 Å². The molecule has 0 unspecified atom stereocenters. The van der Waals surface area contributed by atoms with E-state index in [0.29, 0.717) is 16.9 Å². The van der Waals surface area contributed by atoms with Crippen LogP contribution in [0.2, 0.25) is 0 Å². The number of pyridine rings is 1. The van der Waals surface area contributed by atoms with Crippen LogP contribution >= 0.6 is 0 Å². The molecule has 2 amide bonds.